The van der Waals surface area contributed by atoms with Crippen LogP contribution in [-0.2, 0) is 19.1 Å². The number of ether oxygens (including phenoxy) is 2. The number of halogens is 2. The Morgan fingerprint density at radius 2 is 1.77 bits per heavy atom. The molecular weight excluding hydrogens is 432 g/mol. The molecule has 2 aromatic rings. The van der Waals surface area contributed by atoms with Crippen molar-refractivity contribution < 1.29 is 37.4 Å². The van der Waals surface area contributed by atoms with Crippen LogP contribution >= 0.6 is 11.8 Å². The van der Waals surface area contributed by atoms with Crippen molar-refractivity contribution in [1.29, 1.82) is 0 Å². The first-order valence-corrected chi connectivity index (χ1v) is 9.91. The number of carbonyl (C=O) groups is 4. The van der Waals surface area contributed by atoms with E-state index >= 15 is 0 Å². The van der Waals surface area contributed by atoms with Crippen LogP contribution < -0.4 is 10.1 Å². The zero-order valence-corrected chi connectivity index (χ0v) is 17.7. The Morgan fingerprint density at radius 3 is 2.35 bits per heavy atom. The largest absolute Gasteiger partial charge is 0.467 e. The summed E-state index contributed by atoms with van der Waals surface area (Å²) in [5.74, 6) is -3.70. The van der Waals surface area contributed by atoms with Gasteiger partial charge in [0.1, 0.15) is 23.4 Å². The molecule has 0 saturated carbocycles. The molecule has 1 N–H and O–H groups in total. The number of methoxy groups -OCH3 is 1. The number of esters is 2. The van der Waals surface area contributed by atoms with Crippen LogP contribution in [0.1, 0.15) is 24.2 Å². The van der Waals surface area contributed by atoms with Crippen LogP contribution in [-0.4, -0.2) is 41.9 Å². The Bertz CT molecular complexity index is 1030. The normalized spacial score (nSPS) is 11.4. The highest BCUT2D eigenvalue weighted by atomic mass is 32.2. The van der Waals surface area contributed by atoms with Crippen molar-refractivity contribution in [2.75, 3.05) is 12.9 Å². The Morgan fingerprint density at radius 1 is 1.06 bits per heavy atom. The van der Waals surface area contributed by atoms with Crippen molar-refractivity contribution in [3.63, 3.8) is 0 Å². The second-order valence-electron chi connectivity index (χ2n) is 6.30. The molecule has 1 atom stereocenters. The predicted molar refractivity (Wildman–Crippen MR) is 110 cm³/mol. The zero-order valence-electron chi connectivity index (χ0n) is 16.9. The van der Waals surface area contributed by atoms with Gasteiger partial charge in [-0.05, 0) is 29.8 Å². The minimum absolute atomic E-state index is 0.0421. The van der Waals surface area contributed by atoms with Gasteiger partial charge in [-0.2, -0.15) is 0 Å². The molecule has 7 nitrogen and oxygen atoms in total. The lowest BCUT2D eigenvalue weighted by molar-refractivity contribution is -0.144. The summed E-state index contributed by atoms with van der Waals surface area (Å²) in [6, 6.07) is 5.96. The van der Waals surface area contributed by atoms with Crippen molar-refractivity contribution in [3.05, 3.63) is 53.6 Å². The molecule has 1 amide bonds. The maximum absolute atomic E-state index is 14.2. The second kappa shape index (κ2) is 10.7. The van der Waals surface area contributed by atoms with Gasteiger partial charge in [-0.3, -0.25) is 14.4 Å². The number of amides is 1. The van der Waals surface area contributed by atoms with Gasteiger partial charge in [-0.1, -0.05) is 17.8 Å². The van der Waals surface area contributed by atoms with E-state index in [1.54, 1.807) is 0 Å². The molecular formula is C21H19F2NO6S. The molecule has 0 aliphatic rings. The SMILES string of the molecule is COC(=O)[C@@H](CSC(=O)c1cc(-c2ccc(F)cc2F)ccc1OC(C)=O)NC(C)=O. The summed E-state index contributed by atoms with van der Waals surface area (Å²) in [6.07, 6.45) is 0. The number of carbonyl (C=O) groups excluding carboxylic acids is 4. The smallest absolute Gasteiger partial charge is 0.329 e. The van der Waals surface area contributed by atoms with Crippen LogP contribution in [0.15, 0.2) is 36.4 Å². The van der Waals surface area contributed by atoms with E-state index in [1.807, 2.05) is 0 Å². The van der Waals surface area contributed by atoms with Gasteiger partial charge in [-0.15, -0.1) is 0 Å². The van der Waals surface area contributed by atoms with E-state index in [9.17, 15) is 28.0 Å². The van der Waals surface area contributed by atoms with E-state index < -0.39 is 40.6 Å². The van der Waals surface area contributed by atoms with Gasteiger partial charge >= 0.3 is 11.9 Å². The van der Waals surface area contributed by atoms with Gasteiger partial charge in [-0.25, -0.2) is 13.6 Å². The van der Waals surface area contributed by atoms with Gasteiger partial charge in [0.05, 0.1) is 12.7 Å². The molecule has 0 unspecified atom stereocenters. The van der Waals surface area contributed by atoms with Gasteiger partial charge in [0, 0.05) is 31.2 Å². The summed E-state index contributed by atoms with van der Waals surface area (Å²) < 4.78 is 37.1. The molecule has 10 heteroatoms. The minimum atomic E-state index is -1.08. The van der Waals surface area contributed by atoms with Gasteiger partial charge in [0.15, 0.2) is 0 Å². The lowest BCUT2D eigenvalue weighted by atomic mass is 10.0. The van der Waals surface area contributed by atoms with E-state index in [-0.39, 0.29) is 28.2 Å². The highest BCUT2D eigenvalue weighted by Crippen LogP contribution is 2.31. The maximum Gasteiger partial charge on any atom is 0.329 e. The molecule has 0 aliphatic heterocycles. The topological polar surface area (TPSA) is 98.8 Å². The Balaban J connectivity index is 2.36. The van der Waals surface area contributed by atoms with Crippen LogP contribution in [0.2, 0.25) is 0 Å². The predicted octanol–water partition coefficient (Wildman–Crippen LogP) is 3.11. The molecule has 0 spiro atoms. The third-order valence-electron chi connectivity index (χ3n) is 3.94. The lowest BCUT2D eigenvalue weighted by Crippen LogP contribution is -2.42. The number of thioether (sulfide) groups is 1. The average Bonchev–Trinajstić information content (AvgIpc) is 2.70. The number of nitrogens with one attached hydrogen (secondary N) is 1. The number of benzene rings is 2. The zero-order chi connectivity index (χ0) is 23.1. The molecule has 0 aliphatic carbocycles. The number of hydrogen-bond donors (Lipinski definition) is 1. The van der Waals surface area contributed by atoms with Crippen LogP contribution in [0.4, 0.5) is 8.78 Å². The van der Waals surface area contributed by atoms with Crippen molar-refractivity contribution >= 4 is 34.7 Å². The third-order valence-corrected chi connectivity index (χ3v) is 4.92. The number of hydrogen-bond acceptors (Lipinski definition) is 7. The first kappa shape index (κ1) is 24.0. The molecule has 0 bridgehead atoms. The molecule has 2 aromatic carbocycles. The van der Waals surface area contributed by atoms with Crippen LogP contribution in [0, 0.1) is 11.6 Å². The van der Waals surface area contributed by atoms with E-state index in [0.29, 0.717) is 17.8 Å². The van der Waals surface area contributed by atoms with Gasteiger partial charge in [0.25, 0.3) is 0 Å². The monoisotopic (exact) mass is 451 g/mol. The van der Waals surface area contributed by atoms with Crippen molar-refractivity contribution in [1.82, 2.24) is 5.32 Å². The van der Waals surface area contributed by atoms with Gasteiger partial charge < -0.3 is 14.8 Å². The highest BCUT2D eigenvalue weighted by Gasteiger charge is 2.24. The lowest BCUT2D eigenvalue weighted by Gasteiger charge is -2.15. The number of rotatable bonds is 7. The Labute approximate surface area is 181 Å². The summed E-state index contributed by atoms with van der Waals surface area (Å²) in [5.41, 5.74) is 0.233. The standard InChI is InChI=1S/C21H19F2NO6S/c1-11(25)24-18(20(27)29-3)10-31-21(28)16-8-13(4-7-19(16)30-12(2)26)15-6-5-14(22)9-17(15)23/h4-9,18H,10H2,1-3H3,(H,24,25)/t18-/m1/s1. The summed E-state index contributed by atoms with van der Waals surface area (Å²) in [6.45, 7) is 2.36. The Kier molecular flexibility index (Phi) is 8.26. The van der Waals surface area contributed by atoms with E-state index in [2.05, 4.69) is 10.1 Å². The molecule has 0 radical (unpaired) electrons. The maximum atomic E-state index is 14.2. The van der Waals surface area contributed by atoms with Crippen molar-refractivity contribution in [2.24, 2.45) is 0 Å². The second-order valence-corrected chi connectivity index (χ2v) is 7.30. The Hall–Kier alpha value is -3.27. The molecule has 0 saturated heterocycles. The van der Waals surface area contributed by atoms with E-state index in [0.717, 1.165) is 20.1 Å². The quantitative estimate of drug-likeness (QED) is 0.510. The molecule has 0 fully saturated rings. The van der Waals surface area contributed by atoms with Crippen LogP contribution in [0.5, 0.6) is 5.75 Å². The summed E-state index contributed by atoms with van der Waals surface area (Å²) in [4.78, 5) is 47.3. The fourth-order valence-electron chi connectivity index (χ4n) is 2.62. The first-order chi connectivity index (χ1) is 14.6. The van der Waals surface area contributed by atoms with Crippen LogP contribution in [0.25, 0.3) is 11.1 Å². The minimum Gasteiger partial charge on any atom is -0.467 e. The molecule has 164 valence electrons. The summed E-state index contributed by atoms with van der Waals surface area (Å²) >= 11 is 0.676. The molecule has 0 heterocycles. The van der Waals surface area contributed by atoms with Crippen LogP contribution in [0.3, 0.4) is 0 Å². The first-order valence-electron chi connectivity index (χ1n) is 8.92. The fraction of sp³-hybridized carbons (Fsp3) is 0.238. The van der Waals surface area contributed by atoms with E-state index in [1.165, 1.54) is 31.2 Å². The van der Waals surface area contributed by atoms with Crippen molar-refractivity contribution in [2.45, 2.75) is 19.9 Å². The molecule has 31 heavy (non-hydrogen) atoms. The molecule has 0 aromatic heterocycles. The highest BCUT2D eigenvalue weighted by molar-refractivity contribution is 8.14. The van der Waals surface area contributed by atoms with Crippen molar-refractivity contribution in [3.8, 4) is 16.9 Å². The van der Waals surface area contributed by atoms with E-state index in [4.69, 9.17) is 4.74 Å². The average molecular weight is 451 g/mol. The summed E-state index contributed by atoms with van der Waals surface area (Å²) in [5, 5.41) is 1.78. The fourth-order valence-corrected chi connectivity index (χ4v) is 3.47. The summed E-state index contributed by atoms with van der Waals surface area (Å²) in [7, 11) is 1.14. The van der Waals surface area contributed by atoms with Gasteiger partial charge in [0.2, 0.25) is 11.0 Å². The third kappa shape index (κ3) is 6.61. The molecule has 2 rings (SSSR count).